The quantitative estimate of drug-likeness (QED) is 0.0265. The predicted octanol–water partition coefficient (Wildman–Crippen LogP) is 15.2. The molecule has 0 heterocycles. The summed E-state index contributed by atoms with van der Waals surface area (Å²) in [6.45, 7) is 3.56. The summed E-state index contributed by atoms with van der Waals surface area (Å²) in [5, 5.41) is 0. The molecular weight excluding hydrogens is 810 g/mol. The van der Waals surface area contributed by atoms with Gasteiger partial charge in [-0.2, -0.15) is 0 Å². The molecule has 362 valence electrons. The van der Waals surface area contributed by atoms with Gasteiger partial charge in [-0.15, -0.1) is 0 Å². The number of rotatable bonds is 46. The summed E-state index contributed by atoms with van der Waals surface area (Å²) < 4.78 is 32.7. The van der Waals surface area contributed by atoms with E-state index in [2.05, 4.69) is 98.9 Å². The van der Waals surface area contributed by atoms with Crippen molar-refractivity contribution in [1.29, 1.82) is 0 Å². The van der Waals surface area contributed by atoms with E-state index in [1.807, 2.05) is 0 Å². The van der Waals surface area contributed by atoms with Crippen molar-refractivity contribution in [3.05, 3.63) is 85.1 Å². The van der Waals surface area contributed by atoms with Gasteiger partial charge in [-0.05, 0) is 70.6 Å². The van der Waals surface area contributed by atoms with Gasteiger partial charge in [-0.1, -0.05) is 208 Å². The number of unbranched alkanes of at least 4 members (excludes halogenated alkanes) is 19. The highest BCUT2D eigenvalue weighted by Crippen LogP contribution is 2.43. The molecule has 2 atom stereocenters. The van der Waals surface area contributed by atoms with Gasteiger partial charge < -0.3 is 20.1 Å². The number of phosphoric ester groups is 1. The second kappa shape index (κ2) is 48.6. The highest BCUT2D eigenvalue weighted by Gasteiger charge is 2.26. The number of allylic oxidation sites excluding steroid dienone is 14. The number of nitrogens with two attached hydrogens (primary N) is 1. The molecule has 2 unspecified atom stereocenters. The fourth-order valence-electron chi connectivity index (χ4n) is 6.61. The van der Waals surface area contributed by atoms with Gasteiger partial charge in [0, 0.05) is 19.4 Å². The van der Waals surface area contributed by atoms with Crippen LogP contribution < -0.4 is 5.73 Å². The normalized spacial score (nSPS) is 13.9. The van der Waals surface area contributed by atoms with Crippen LogP contribution in [0.1, 0.15) is 206 Å². The first-order chi connectivity index (χ1) is 30.8. The standard InChI is InChI=1S/C53H92NO8P/c1-3-5-7-9-11-12-13-14-15-16-17-18-19-20-21-22-23-24-25-26-27-28-29-30-31-32-33-34-35-36-37-38-40-42-44-46-53(56)62-51(50-61-63(57,58)60-48-47-54)49-59-52(55)45-43-41-39-10-8-6-4-2/h5,7,11-12,14-15,17-18,20-21,23-24,26-27,51H,3-4,6,8-10,13,16,19,22,25,28-50,54H2,1-2H3,(H,57,58)/b7-5-,12-11-,15-14-,18-17-,21-20-,24-23-,27-26-. The van der Waals surface area contributed by atoms with E-state index >= 15 is 0 Å². The first kappa shape index (κ1) is 60.2. The summed E-state index contributed by atoms with van der Waals surface area (Å²) >= 11 is 0. The lowest BCUT2D eigenvalue weighted by molar-refractivity contribution is -0.161. The third kappa shape index (κ3) is 48.5. The Labute approximate surface area is 385 Å². The largest absolute Gasteiger partial charge is 0.472 e. The second-order valence-electron chi connectivity index (χ2n) is 16.3. The molecule has 0 aromatic rings. The van der Waals surface area contributed by atoms with Crippen molar-refractivity contribution >= 4 is 19.8 Å². The maximum Gasteiger partial charge on any atom is 0.472 e. The molecule has 0 spiro atoms. The van der Waals surface area contributed by atoms with Crippen LogP contribution in [-0.4, -0.2) is 49.3 Å². The van der Waals surface area contributed by atoms with Gasteiger partial charge in [0.2, 0.25) is 0 Å². The molecule has 0 aliphatic rings. The summed E-state index contributed by atoms with van der Waals surface area (Å²) in [7, 11) is -4.37. The number of esters is 2. The van der Waals surface area contributed by atoms with E-state index in [0.717, 1.165) is 83.5 Å². The zero-order chi connectivity index (χ0) is 46.0. The van der Waals surface area contributed by atoms with Crippen LogP contribution in [0.25, 0.3) is 0 Å². The molecule has 3 N–H and O–H groups in total. The van der Waals surface area contributed by atoms with Crippen LogP contribution in [-0.2, 0) is 32.7 Å². The Morgan fingerprint density at radius 2 is 0.873 bits per heavy atom. The lowest BCUT2D eigenvalue weighted by Crippen LogP contribution is -2.29. The van der Waals surface area contributed by atoms with Crippen molar-refractivity contribution in [3.8, 4) is 0 Å². The van der Waals surface area contributed by atoms with E-state index in [9.17, 15) is 19.0 Å². The van der Waals surface area contributed by atoms with E-state index in [0.29, 0.717) is 6.42 Å². The minimum atomic E-state index is -4.37. The lowest BCUT2D eigenvalue weighted by atomic mass is 10.0. The van der Waals surface area contributed by atoms with Gasteiger partial charge in [0.05, 0.1) is 13.2 Å². The van der Waals surface area contributed by atoms with Gasteiger partial charge in [0.15, 0.2) is 6.10 Å². The van der Waals surface area contributed by atoms with E-state index in [1.165, 1.54) is 89.9 Å². The van der Waals surface area contributed by atoms with Gasteiger partial charge in [-0.3, -0.25) is 18.6 Å². The monoisotopic (exact) mass is 902 g/mol. The average Bonchev–Trinajstić information content (AvgIpc) is 3.27. The molecule has 10 heteroatoms. The minimum Gasteiger partial charge on any atom is -0.462 e. The Balaban J connectivity index is 3.86. The third-order valence-electron chi connectivity index (χ3n) is 10.3. The van der Waals surface area contributed by atoms with Gasteiger partial charge in [0.1, 0.15) is 6.61 Å². The molecule has 0 rings (SSSR count). The smallest absolute Gasteiger partial charge is 0.462 e. The van der Waals surface area contributed by atoms with E-state index in [1.54, 1.807) is 0 Å². The molecule has 9 nitrogen and oxygen atoms in total. The van der Waals surface area contributed by atoms with Crippen LogP contribution in [0, 0.1) is 0 Å². The first-order valence-corrected chi connectivity index (χ1v) is 26.6. The molecule has 0 aliphatic carbocycles. The van der Waals surface area contributed by atoms with Crippen LogP contribution in [0.3, 0.4) is 0 Å². The number of hydrogen-bond acceptors (Lipinski definition) is 8. The van der Waals surface area contributed by atoms with Gasteiger partial charge in [0.25, 0.3) is 0 Å². The first-order valence-electron chi connectivity index (χ1n) is 25.1. The molecule has 0 bridgehead atoms. The molecule has 0 radical (unpaired) electrons. The number of hydrogen-bond donors (Lipinski definition) is 2. The highest BCUT2D eigenvalue weighted by molar-refractivity contribution is 7.47. The SMILES string of the molecule is CC/C=C\C/C=C\C/C=C\C/C=C\C/C=C\C/C=C\C/C=C\CCCCCCCCCCCCCCCC(=O)OC(COC(=O)CCCCCCCCC)COP(=O)(O)OCCN. The number of phosphoric acid groups is 1. The summed E-state index contributed by atoms with van der Waals surface area (Å²) in [5.41, 5.74) is 5.34. The molecule has 0 aliphatic heterocycles. The van der Waals surface area contributed by atoms with Crippen molar-refractivity contribution in [2.24, 2.45) is 5.73 Å². The Kier molecular flexibility index (Phi) is 46.5. The number of carbonyl (C=O) groups is 2. The minimum absolute atomic E-state index is 0.0514. The van der Waals surface area contributed by atoms with Crippen molar-refractivity contribution < 1.29 is 37.6 Å². The van der Waals surface area contributed by atoms with Crippen LogP contribution in [0.5, 0.6) is 0 Å². The fraction of sp³-hybridized carbons (Fsp3) is 0.698. The van der Waals surface area contributed by atoms with Crippen molar-refractivity contribution in [2.75, 3.05) is 26.4 Å². The lowest BCUT2D eigenvalue weighted by Gasteiger charge is -2.19. The van der Waals surface area contributed by atoms with Crippen LogP contribution in [0.4, 0.5) is 0 Å². The summed E-state index contributed by atoms with van der Waals surface area (Å²) in [6, 6.07) is 0. The molecule has 63 heavy (non-hydrogen) atoms. The Bertz CT molecular complexity index is 1300. The van der Waals surface area contributed by atoms with Crippen molar-refractivity contribution in [3.63, 3.8) is 0 Å². The molecule has 0 aromatic carbocycles. The number of carbonyl (C=O) groups excluding carboxylic acids is 2. The molecule has 0 saturated carbocycles. The zero-order valence-corrected chi connectivity index (χ0v) is 40.9. The maximum atomic E-state index is 12.6. The summed E-state index contributed by atoms with van der Waals surface area (Å²) in [4.78, 5) is 34.7. The average molecular weight is 902 g/mol. The Hall–Kier alpha value is -2.81. The summed E-state index contributed by atoms with van der Waals surface area (Å²) in [5.74, 6) is -0.838. The zero-order valence-electron chi connectivity index (χ0n) is 40.0. The Morgan fingerprint density at radius 3 is 1.30 bits per heavy atom. The van der Waals surface area contributed by atoms with E-state index in [-0.39, 0.29) is 38.6 Å². The number of ether oxygens (including phenoxy) is 2. The Morgan fingerprint density at radius 1 is 0.492 bits per heavy atom. The van der Waals surface area contributed by atoms with E-state index in [4.69, 9.17) is 24.3 Å². The van der Waals surface area contributed by atoms with Gasteiger partial charge in [-0.25, -0.2) is 4.57 Å². The molecule has 0 fully saturated rings. The highest BCUT2D eigenvalue weighted by atomic mass is 31.2. The van der Waals surface area contributed by atoms with Crippen molar-refractivity contribution in [1.82, 2.24) is 0 Å². The van der Waals surface area contributed by atoms with Gasteiger partial charge >= 0.3 is 19.8 Å². The van der Waals surface area contributed by atoms with Crippen molar-refractivity contribution in [2.45, 2.75) is 213 Å². The fourth-order valence-corrected chi connectivity index (χ4v) is 7.38. The molecular formula is C53H92NO8P. The second-order valence-corrected chi connectivity index (χ2v) is 17.8. The van der Waals surface area contributed by atoms with Crippen LogP contribution in [0.15, 0.2) is 85.1 Å². The molecule has 0 amide bonds. The van der Waals surface area contributed by atoms with E-state index < -0.39 is 26.5 Å². The topological polar surface area (TPSA) is 134 Å². The predicted molar refractivity (Wildman–Crippen MR) is 265 cm³/mol. The summed E-state index contributed by atoms with van der Waals surface area (Å²) in [6.07, 6.45) is 62.4. The van der Waals surface area contributed by atoms with Crippen LogP contribution in [0.2, 0.25) is 0 Å². The molecule has 0 saturated heterocycles. The third-order valence-corrected chi connectivity index (χ3v) is 11.3. The molecule has 0 aromatic heterocycles. The maximum absolute atomic E-state index is 12.6. The van der Waals surface area contributed by atoms with Crippen LogP contribution >= 0.6 is 7.82 Å².